The van der Waals surface area contributed by atoms with Gasteiger partial charge >= 0.3 is 0 Å². The van der Waals surface area contributed by atoms with Crippen LogP contribution in [0.1, 0.15) is 29.0 Å². The number of aliphatic imine (C=N–C) groups is 1. The minimum atomic E-state index is -0.194. The van der Waals surface area contributed by atoms with Crippen molar-refractivity contribution in [2.75, 3.05) is 0 Å². The quantitative estimate of drug-likeness (QED) is 0.196. The zero-order valence-electron chi connectivity index (χ0n) is 27.1. The molecule has 0 saturated heterocycles. The fraction of sp³-hybridized carbons (Fsp3) is 0.0444. The Morgan fingerprint density at radius 1 is 0.520 bits per heavy atom. The fourth-order valence-corrected chi connectivity index (χ4v) is 7.55. The topological polar surface area (TPSA) is 54.5 Å². The number of nitrogens with zero attached hydrogens (tertiary/aromatic N) is 2. The Morgan fingerprint density at radius 2 is 1.18 bits per heavy atom. The molecule has 0 aliphatic carbocycles. The molecule has 0 saturated carbocycles. The molecule has 7 aromatic carbocycles. The van der Waals surface area contributed by atoms with E-state index in [1.807, 2.05) is 12.1 Å². The summed E-state index contributed by atoms with van der Waals surface area (Å²) in [5.41, 5.74) is 10.6. The summed E-state index contributed by atoms with van der Waals surface area (Å²) in [5.74, 6) is 0.848. The lowest BCUT2D eigenvalue weighted by atomic mass is 9.99. The van der Waals surface area contributed by atoms with E-state index in [-0.39, 0.29) is 12.3 Å². The molecule has 1 aliphatic heterocycles. The summed E-state index contributed by atoms with van der Waals surface area (Å²) in [6.07, 6.45) is -0.294. The van der Waals surface area contributed by atoms with Crippen molar-refractivity contribution in [3.05, 3.63) is 187 Å². The van der Waals surface area contributed by atoms with Gasteiger partial charge in [0.25, 0.3) is 0 Å². The van der Waals surface area contributed by atoms with Crippen LogP contribution in [0.3, 0.4) is 0 Å². The average Bonchev–Trinajstić information content (AvgIpc) is 3.75. The molecule has 1 aliphatic rings. The molecule has 0 amide bonds. The van der Waals surface area contributed by atoms with Crippen LogP contribution in [0.25, 0.3) is 60.6 Å². The van der Waals surface area contributed by atoms with Crippen molar-refractivity contribution in [3.63, 3.8) is 0 Å². The molecular weight excluding hydrogens is 613 g/mol. The molecule has 0 radical (unpaired) electrons. The summed E-state index contributed by atoms with van der Waals surface area (Å²) in [6.45, 7) is 0. The van der Waals surface area contributed by atoms with E-state index in [0.717, 1.165) is 77.7 Å². The molecule has 0 bridgehead atoms. The van der Waals surface area contributed by atoms with Crippen LogP contribution in [0, 0.1) is 0 Å². The molecule has 9 aromatic rings. The maximum atomic E-state index is 6.97. The van der Waals surface area contributed by atoms with Gasteiger partial charge in [0.1, 0.15) is 29.3 Å². The fourth-order valence-electron chi connectivity index (χ4n) is 7.55. The van der Waals surface area contributed by atoms with Crippen molar-refractivity contribution >= 4 is 49.6 Å². The van der Waals surface area contributed by atoms with Crippen LogP contribution < -0.4 is 10.6 Å². The highest BCUT2D eigenvalue weighted by molar-refractivity contribution is 6.24. The van der Waals surface area contributed by atoms with Gasteiger partial charge in [0, 0.05) is 33.0 Å². The number of fused-ring (bicyclic) bond motifs is 7. The smallest absolute Gasteiger partial charge is 0.145 e. The van der Waals surface area contributed by atoms with Crippen LogP contribution in [0.5, 0.6) is 0 Å². The van der Waals surface area contributed by atoms with E-state index in [4.69, 9.17) is 9.41 Å². The van der Waals surface area contributed by atoms with Crippen molar-refractivity contribution in [1.29, 1.82) is 0 Å². The molecule has 5 heteroatoms. The Morgan fingerprint density at radius 3 is 2.00 bits per heavy atom. The number of furan rings is 1. The van der Waals surface area contributed by atoms with Gasteiger partial charge in [0.15, 0.2) is 0 Å². The molecular formula is C45H32N4O. The van der Waals surface area contributed by atoms with Crippen molar-refractivity contribution in [2.24, 2.45) is 4.99 Å². The van der Waals surface area contributed by atoms with Gasteiger partial charge in [-0.05, 0) is 53.1 Å². The van der Waals surface area contributed by atoms with Crippen LogP contribution in [0.15, 0.2) is 179 Å². The second-order valence-corrected chi connectivity index (χ2v) is 12.8. The summed E-state index contributed by atoms with van der Waals surface area (Å²) in [6, 6.07) is 59.6. The second-order valence-electron chi connectivity index (χ2n) is 12.8. The molecule has 0 spiro atoms. The van der Waals surface area contributed by atoms with Gasteiger partial charge in [-0.25, -0.2) is 4.99 Å². The van der Waals surface area contributed by atoms with Gasteiger partial charge in [-0.15, -0.1) is 0 Å². The number of hydrogen-bond donors (Lipinski definition) is 2. The minimum absolute atomic E-state index is 0.100. The van der Waals surface area contributed by atoms with Crippen LogP contribution in [-0.4, -0.2) is 10.4 Å². The van der Waals surface area contributed by atoms with Gasteiger partial charge < -0.3 is 14.3 Å². The molecule has 2 atom stereocenters. The van der Waals surface area contributed by atoms with Crippen molar-refractivity contribution in [2.45, 2.75) is 12.3 Å². The predicted molar refractivity (Wildman–Crippen MR) is 205 cm³/mol. The predicted octanol–water partition coefficient (Wildman–Crippen LogP) is 10.7. The summed E-state index contributed by atoms with van der Waals surface area (Å²) in [7, 11) is 0. The Labute approximate surface area is 289 Å². The Kier molecular flexibility index (Phi) is 6.64. The molecule has 3 heterocycles. The number of aromatic nitrogens is 1. The number of para-hydroxylation sites is 3. The number of rotatable bonds is 5. The largest absolute Gasteiger partial charge is 0.455 e. The zero-order chi connectivity index (χ0) is 33.0. The van der Waals surface area contributed by atoms with E-state index >= 15 is 0 Å². The first kappa shape index (κ1) is 28.6. The highest BCUT2D eigenvalue weighted by atomic mass is 16.3. The molecule has 238 valence electrons. The van der Waals surface area contributed by atoms with Gasteiger partial charge in [-0.2, -0.15) is 0 Å². The maximum absolute atomic E-state index is 6.97. The number of hydrogen-bond acceptors (Lipinski definition) is 4. The highest BCUT2D eigenvalue weighted by Crippen LogP contribution is 2.43. The number of nitrogens with one attached hydrogen (secondary N) is 2. The van der Waals surface area contributed by atoms with E-state index < -0.39 is 0 Å². The second kappa shape index (κ2) is 11.6. The van der Waals surface area contributed by atoms with E-state index in [2.05, 4.69) is 173 Å². The van der Waals surface area contributed by atoms with Crippen LogP contribution >= 0.6 is 0 Å². The Hall–Kier alpha value is -6.43. The van der Waals surface area contributed by atoms with Crippen LogP contribution in [0.2, 0.25) is 0 Å². The van der Waals surface area contributed by atoms with Crippen LogP contribution in [0.4, 0.5) is 0 Å². The summed E-state index contributed by atoms with van der Waals surface area (Å²) < 4.78 is 9.31. The van der Waals surface area contributed by atoms with Gasteiger partial charge in [-0.1, -0.05) is 133 Å². The molecule has 5 nitrogen and oxygen atoms in total. The van der Waals surface area contributed by atoms with Crippen LogP contribution in [-0.2, 0) is 0 Å². The monoisotopic (exact) mass is 644 g/mol. The molecule has 0 fully saturated rings. The zero-order valence-corrected chi connectivity index (χ0v) is 27.1. The SMILES string of the molecule is c1ccc(C2N=C(c3cccc(-c4cccc5c4oc4c5ccc5c4c4ccccc4n5-c4ccccc4)c3)NC(c3ccccc3)N2)cc1. The molecule has 2 aromatic heterocycles. The van der Waals surface area contributed by atoms with Crippen molar-refractivity contribution in [1.82, 2.24) is 15.2 Å². The van der Waals surface area contributed by atoms with Gasteiger partial charge in [-0.3, -0.25) is 5.32 Å². The first-order valence-electron chi connectivity index (χ1n) is 17.0. The van der Waals surface area contributed by atoms with E-state index in [1.54, 1.807) is 0 Å². The lowest BCUT2D eigenvalue weighted by molar-refractivity contribution is 0.409. The number of amidine groups is 1. The molecule has 10 rings (SSSR count). The Bertz CT molecular complexity index is 2710. The Balaban J connectivity index is 1.12. The molecule has 2 unspecified atom stereocenters. The average molecular weight is 645 g/mol. The lowest BCUT2D eigenvalue weighted by Gasteiger charge is -2.32. The maximum Gasteiger partial charge on any atom is 0.145 e. The minimum Gasteiger partial charge on any atom is -0.455 e. The van der Waals surface area contributed by atoms with Crippen molar-refractivity contribution < 1.29 is 4.42 Å². The normalized spacial score (nSPS) is 16.2. The highest BCUT2D eigenvalue weighted by Gasteiger charge is 2.26. The lowest BCUT2D eigenvalue weighted by Crippen LogP contribution is -2.44. The van der Waals surface area contributed by atoms with Gasteiger partial charge in [0.05, 0.1) is 16.4 Å². The third kappa shape index (κ3) is 4.63. The summed E-state index contributed by atoms with van der Waals surface area (Å²) in [4.78, 5) is 5.19. The third-order valence-corrected chi connectivity index (χ3v) is 9.87. The molecule has 2 N–H and O–H groups in total. The first-order valence-corrected chi connectivity index (χ1v) is 17.0. The van der Waals surface area contributed by atoms with E-state index in [0.29, 0.717) is 0 Å². The van der Waals surface area contributed by atoms with E-state index in [9.17, 15) is 0 Å². The molecule has 50 heavy (non-hydrogen) atoms. The van der Waals surface area contributed by atoms with E-state index in [1.165, 1.54) is 5.39 Å². The van der Waals surface area contributed by atoms with Gasteiger partial charge in [0.2, 0.25) is 0 Å². The standard InChI is InChI=1S/C45H32N4O/c1-4-14-29(15-5-1)43-46-44(30-16-6-2-7-17-30)48-45(47-43)32-19-12-18-31(28-32)34-23-13-24-35-36-26-27-39-40(42(36)50-41(34)35)37-22-10-11-25-38(37)49(39)33-20-8-3-9-21-33/h1-28,43-44,46H,(H,47,48). The first-order chi connectivity index (χ1) is 24.8. The number of benzene rings is 7. The summed E-state index contributed by atoms with van der Waals surface area (Å²) in [5, 5.41) is 11.9. The third-order valence-electron chi connectivity index (χ3n) is 9.87. The summed E-state index contributed by atoms with van der Waals surface area (Å²) >= 11 is 0. The van der Waals surface area contributed by atoms with Crippen molar-refractivity contribution in [3.8, 4) is 16.8 Å².